The van der Waals surface area contributed by atoms with Gasteiger partial charge in [0.15, 0.2) is 0 Å². The Labute approximate surface area is 121 Å². The maximum atomic E-state index is 11.7. The SMILES string of the molecule is O=C(NCCSc1ccc(Cl)cc1)c1cccnc1. The second-order valence-corrected chi connectivity index (χ2v) is 5.40. The summed E-state index contributed by atoms with van der Waals surface area (Å²) >= 11 is 7.49. The number of thioether (sulfide) groups is 1. The molecule has 0 bridgehead atoms. The molecule has 0 atom stereocenters. The summed E-state index contributed by atoms with van der Waals surface area (Å²) in [6.07, 6.45) is 3.20. The lowest BCUT2D eigenvalue weighted by Crippen LogP contribution is -2.25. The fraction of sp³-hybridized carbons (Fsp3) is 0.143. The number of carbonyl (C=O) groups excluding carboxylic acids is 1. The van der Waals surface area contributed by atoms with Crippen LogP contribution in [0.25, 0.3) is 0 Å². The average molecular weight is 293 g/mol. The molecule has 2 rings (SSSR count). The van der Waals surface area contributed by atoms with Crippen molar-refractivity contribution in [3.05, 3.63) is 59.4 Å². The van der Waals surface area contributed by atoms with E-state index in [1.807, 2.05) is 24.3 Å². The summed E-state index contributed by atoms with van der Waals surface area (Å²) in [4.78, 5) is 16.8. The van der Waals surface area contributed by atoms with E-state index in [0.717, 1.165) is 15.7 Å². The van der Waals surface area contributed by atoms with Crippen LogP contribution in [-0.2, 0) is 0 Å². The molecule has 98 valence electrons. The summed E-state index contributed by atoms with van der Waals surface area (Å²) in [5.74, 6) is 0.720. The zero-order valence-corrected chi connectivity index (χ0v) is 11.7. The van der Waals surface area contributed by atoms with Crippen LogP contribution in [0.15, 0.2) is 53.7 Å². The van der Waals surface area contributed by atoms with E-state index in [1.165, 1.54) is 0 Å². The predicted molar refractivity (Wildman–Crippen MR) is 78.7 cm³/mol. The number of benzene rings is 1. The van der Waals surface area contributed by atoms with Gasteiger partial charge in [-0.25, -0.2) is 0 Å². The second-order valence-electron chi connectivity index (χ2n) is 3.80. The standard InChI is InChI=1S/C14H13ClN2OS/c15-12-3-5-13(6-4-12)19-9-8-17-14(18)11-2-1-7-16-10-11/h1-7,10H,8-9H2,(H,17,18). The lowest BCUT2D eigenvalue weighted by molar-refractivity contribution is 0.0956. The Morgan fingerprint density at radius 2 is 2.05 bits per heavy atom. The molecule has 0 saturated carbocycles. The molecule has 1 amide bonds. The summed E-state index contributed by atoms with van der Waals surface area (Å²) in [6.45, 7) is 0.612. The van der Waals surface area contributed by atoms with Gasteiger partial charge in [0, 0.05) is 34.6 Å². The van der Waals surface area contributed by atoms with Gasteiger partial charge >= 0.3 is 0 Å². The molecule has 0 fully saturated rings. The molecular formula is C14H13ClN2OS. The topological polar surface area (TPSA) is 42.0 Å². The minimum absolute atomic E-state index is 0.0928. The minimum atomic E-state index is -0.0928. The molecule has 0 aliphatic carbocycles. The number of nitrogens with zero attached hydrogens (tertiary/aromatic N) is 1. The van der Waals surface area contributed by atoms with E-state index in [4.69, 9.17) is 11.6 Å². The monoisotopic (exact) mass is 292 g/mol. The van der Waals surface area contributed by atoms with Gasteiger partial charge in [0.25, 0.3) is 5.91 Å². The fourth-order valence-corrected chi connectivity index (χ4v) is 2.36. The molecule has 5 heteroatoms. The largest absolute Gasteiger partial charge is 0.351 e. The molecule has 0 unspecified atom stereocenters. The lowest BCUT2D eigenvalue weighted by atomic mass is 10.3. The van der Waals surface area contributed by atoms with Crippen LogP contribution in [0.1, 0.15) is 10.4 Å². The summed E-state index contributed by atoms with van der Waals surface area (Å²) in [5, 5.41) is 3.59. The summed E-state index contributed by atoms with van der Waals surface area (Å²) in [6, 6.07) is 11.1. The van der Waals surface area contributed by atoms with E-state index < -0.39 is 0 Å². The van der Waals surface area contributed by atoms with Gasteiger partial charge in [-0.15, -0.1) is 11.8 Å². The molecule has 19 heavy (non-hydrogen) atoms. The Bertz CT molecular complexity index is 531. The van der Waals surface area contributed by atoms with Gasteiger partial charge in [-0.3, -0.25) is 9.78 Å². The van der Waals surface area contributed by atoms with Crippen molar-refractivity contribution in [2.45, 2.75) is 4.90 Å². The van der Waals surface area contributed by atoms with Gasteiger partial charge in [0.1, 0.15) is 0 Å². The Hall–Kier alpha value is -1.52. The number of halogens is 1. The van der Waals surface area contributed by atoms with E-state index in [-0.39, 0.29) is 5.91 Å². The summed E-state index contributed by atoms with van der Waals surface area (Å²) in [5.41, 5.74) is 0.582. The van der Waals surface area contributed by atoms with Crippen molar-refractivity contribution < 1.29 is 4.79 Å². The van der Waals surface area contributed by atoms with Gasteiger partial charge in [-0.1, -0.05) is 11.6 Å². The normalized spacial score (nSPS) is 10.2. The van der Waals surface area contributed by atoms with Crippen LogP contribution in [0.5, 0.6) is 0 Å². The van der Waals surface area contributed by atoms with Gasteiger partial charge < -0.3 is 5.32 Å². The Kier molecular flexibility index (Phi) is 5.24. The van der Waals surface area contributed by atoms with Gasteiger partial charge in [0.2, 0.25) is 0 Å². The molecule has 2 aromatic rings. The molecule has 3 nitrogen and oxygen atoms in total. The third kappa shape index (κ3) is 4.58. The van der Waals surface area contributed by atoms with Gasteiger partial charge in [-0.2, -0.15) is 0 Å². The van der Waals surface area contributed by atoms with Crippen molar-refractivity contribution in [3.63, 3.8) is 0 Å². The highest BCUT2D eigenvalue weighted by Gasteiger charge is 2.03. The molecule has 0 aliphatic rings. The third-order valence-electron chi connectivity index (χ3n) is 2.39. The highest BCUT2D eigenvalue weighted by Crippen LogP contribution is 2.19. The third-order valence-corrected chi connectivity index (χ3v) is 3.66. The van der Waals surface area contributed by atoms with E-state index in [2.05, 4.69) is 10.3 Å². The van der Waals surface area contributed by atoms with Crippen LogP contribution in [0, 0.1) is 0 Å². The maximum Gasteiger partial charge on any atom is 0.252 e. The van der Waals surface area contributed by atoms with Crippen molar-refractivity contribution in [3.8, 4) is 0 Å². The number of aromatic nitrogens is 1. The Balaban J connectivity index is 1.72. The number of nitrogens with one attached hydrogen (secondary N) is 1. The van der Waals surface area contributed by atoms with Crippen LogP contribution in [-0.4, -0.2) is 23.2 Å². The predicted octanol–water partition coefficient (Wildman–Crippen LogP) is 3.26. The first-order valence-corrected chi connectivity index (χ1v) is 7.18. The van der Waals surface area contributed by atoms with Gasteiger partial charge in [0.05, 0.1) is 5.56 Å². The molecule has 1 N–H and O–H groups in total. The van der Waals surface area contributed by atoms with E-state index in [1.54, 1.807) is 36.3 Å². The van der Waals surface area contributed by atoms with Crippen molar-refractivity contribution in [2.75, 3.05) is 12.3 Å². The molecular weight excluding hydrogens is 280 g/mol. The highest BCUT2D eigenvalue weighted by atomic mass is 35.5. The number of pyridine rings is 1. The van der Waals surface area contributed by atoms with E-state index in [0.29, 0.717) is 12.1 Å². The van der Waals surface area contributed by atoms with Crippen LogP contribution in [0.3, 0.4) is 0 Å². The number of amides is 1. The second kappa shape index (κ2) is 7.16. The first kappa shape index (κ1) is 13.9. The zero-order valence-electron chi connectivity index (χ0n) is 10.2. The van der Waals surface area contributed by atoms with Crippen LogP contribution < -0.4 is 5.32 Å². The molecule has 0 spiro atoms. The molecule has 0 aliphatic heterocycles. The Morgan fingerprint density at radius 1 is 1.26 bits per heavy atom. The lowest BCUT2D eigenvalue weighted by Gasteiger charge is -2.05. The number of carbonyl (C=O) groups is 1. The molecule has 1 aromatic heterocycles. The highest BCUT2D eigenvalue weighted by molar-refractivity contribution is 7.99. The van der Waals surface area contributed by atoms with Crippen molar-refractivity contribution in [2.24, 2.45) is 0 Å². The molecule has 0 radical (unpaired) electrons. The zero-order chi connectivity index (χ0) is 13.5. The van der Waals surface area contributed by atoms with Crippen molar-refractivity contribution >= 4 is 29.3 Å². The van der Waals surface area contributed by atoms with Crippen molar-refractivity contribution in [1.82, 2.24) is 10.3 Å². The fourth-order valence-electron chi connectivity index (χ4n) is 1.46. The molecule has 1 aromatic carbocycles. The summed E-state index contributed by atoms with van der Waals surface area (Å²) < 4.78 is 0. The average Bonchev–Trinajstić information content (AvgIpc) is 2.46. The first-order chi connectivity index (χ1) is 9.25. The van der Waals surface area contributed by atoms with Crippen LogP contribution in [0.2, 0.25) is 5.02 Å². The van der Waals surface area contributed by atoms with Crippen molar-refractivity contribution in [1.29, 1.82) is 0 Å². The number of hydrogen-bond donors (Lipinski definition) is 1. The maximum absolute atomic E-state index is 11.7. The Morgan fingerprint density at radius 3 is 2.74 bits per heavy atom. The summed E-state index contributed by atoms with van der Waals surface area (Å²) in [7, 11) is 0. The van der Waals surface area contributed by atoms with Crippen LogP contribution >= 0.6 is 23.4 Å². The van der Waals surface area contributed by atoms with Gasteiger partial charge in [-0.05, 0) is 36.4 Å². The molecule has 0 saturated heterocycles. The number of hydrogen-bond acceptors (Lipinski definition) is 3. The first-order valence-electron chi connectivity index (χ1n) is 5.82. The smallest absolute Gasteiger partial charge is 0.252 e. The minimum Gasteiger partial charge on any atom is -0.351 e. The molecule has 1 heterocycles. The van der Waals surface area contributed by atoms with E-state index in [9.17, 15) is 4.79 Å². The quantitative estimate of drug-likeness (QED) is 0.679. The number of rotatable bonds is 5. The van der Waals surface area contributed by atoms with Crippen LogP contribution in [0.4, 0.5) is 0 Å². The van der Waals surface area contributed by atoms with E-state index >= 15 is 0 Å².